The third-order valence-corrected chi connectivity index (χ3v) is 4.27. The predicted octanol–water partition coefficient (Wildman–Crippen LogP) is 2.62. The van der Waals surface area contributed by atoms with E-state index in [2.05, 4.69) is 45.6 Å². The third-order valence-electron chi connectivity index (χ3n) is 3.39. The molecule has 118 valence electrons. The average molecular weight is 326 g/mol. The van der Waals surface area contributed by atoms with Crippen LogP contribution in [0.1, 0.15) is 27.7 Å². The summed E-state index contributed by atoms with van der Waals surface area (Å²) >= 11 is 1.63. The van der Waals surface area contributed by atoms with E-state index >= 15 is 0 Å². The quantitative estimate of drug-likeness (QED) is 0.731. The Morgan fingerprint density at radius 1 is 1.30 bits per heavy atom. The van der Waals surface area contributed by atoms with Crippen molar-refractivity contribution in [1.29, 1.82) is 0 Å². The lowest BCUT2D eigenvalue weighted by Gasteiger charge is -2.01. The summed E-state index contributed by atoms with van der Waals surface area (Å²) in [6.07, 6.45) is 0.876. The molecule has 0 saturated heterocycles. The molecule has 5 nitrogen and oxygen atoms in total. The monoisotopic (exact) mass is 326 g/mol. The number of nitrogens with zero attached hydrogens (tertiary/aromatic N) is 2. The fraction of sp³-hybridized carbons (Fsp3) is 0.235. The van der Waals surface area contributed by atoms with Gasteiger partial charge in [-0.15, -0.1) is 11.3 Å². The Morgan fingerprint density at radius 3 is 3.00 bits per heavy atom. The van der Waals surface area contributed by atoms with Gasteiger partial charge in [0.25, 0.3) is 0 Å². The number of carbonyl (C=O) groups is 1. The molecular weight excluding hydrogens is 308 g/mol. The van der Waals surface area contributed by atoms with E-state index < -0.39 is 0 Å². The summed E-state index contributed by atoms with van der Waals surface area (Å²) in [5, 5.41) is 11.9. The number of aryl methyl sites for hydroxylation is 1. The van der Waals surface area contributed by atoms with E-state index in [1.54, 1.807) is 11.3 Å². The molecule has 0 spiro atoms. The minimum atomic E-state index is -0.0699. The first-order chi connectivity index (χ1) is 11.2. The summed E-state index contributed by atoms with van der Waals surface area (Å²) in [7, 11) is 0. The van der Waals surface area contributed by atoms with Crippen LogP contribution in [0, 0.1) is 6.92 Å². The van der Waals surface area contributed by atoms with E-state index in [9.17, 15) is 4.79 Å². The molecule has 23 heavy (non-hydrogen) atoms. The maximum Gasteiger partial charge on any atom is 0.228 e. The number of carbonyl (C=O) groups excluding carboxylic acids is 1. The Hall–Kier alpha value is -2.47. The van der Waals surface area contributed by atoms with E-state index in [4.69, 9.17) is 0 Å². The van der Waals surface area contributed by atoms with Gasteiger partial charge in [-0.05, 0) is 23.9 Å². The van der Waals surface area contributed by atoms with Gasteiger partial charge >= 0.3 is 0 Å². The van der Waals surface area contributed by atoms with Crippen LogP contribution in [-0.4, -0.2) is 21.1 Å². The van der Waals surface area contributed by atoms with Crippen molar-refractivity contribution in [3.05, 3.63) is 69.4 Å². The smallest absolute Gasteiger partial charge is 0.228 e. The third kappa shape index (κ3) is 4.50. The number of aromatic amines is 1. The first kappa shape index (κ1) is 15.4. The maximum atomic E-state index is 11.9. The molecule has 2 N–H and O–H groups in total. The van der Waals surface area contributed by atoms with Crippen LogP contribution in [-0.2, 0) is 24.2 Å². The Bertz CT molecular complexity index is 780. The highest BCUT2D eigenvalue weighted by molar-refractivity contribution is 7.09. The number of benzene rings is 1. The number of aromatic nitrogens is 3. The zero-order valence-electron chi connectivity index (χ0n) is 12.9. The number of H-pyrrole nitrogens is 1. The second-order valence-corrected chi connectivity index (χ2v) is 6.43. The van der Waals surface area contributed by atoms with E-state index in [0.717, 1.165) is 10.7 Å². The van der Waals surface area contributed by atoms with Gasteiger partial charge in [0.1, 0.15) is 5.82 Å². The van der Waals surface area contributed by atoms with Crippen LogP contribution in [0.2, 0.25) is 0 Å². The summed E-state index contributed by atoms with van der Waals surface area (Å²) in [6, 6.07) is 12.2. The highest BCUT2D eigenvalue weighted by Crippen LogP contribution is 2.09. The molecule has 1 amide bonds. The minimum absolute atomic E-state index is 0.0699. The topological polar surface area (TPSA) is 70.7 Å². The van der Waals surface area contributed by atoms with E-state index in [-0.39, 0.29) is 12.3 Å². The fourth-order valence-electron chi connectivity index (χ4n) is 2.31. The van der Waals surface area contributed by atoms with E-state index in [1.807, 2.05) is 23.6 Å². The Balaban J connectivity index is 1.53. The zero-order chi connectivity index (χ0) is 16.1. The Labute approximate surface area is 138 Å². The maximum absolute atomic E-state index is 11.9. The van der Waals surface area contributed by atoms with Gasteiger partial charge in [0.05, 0.1) is 13.0 Å². The van der Waals surface area contributed by atoms with Crippen LogP contribution >= 0.6 is 11.3 Å². The largest absolute Gasteiger partial charge is 0.351 e. The van der Waals surface area contributed by atoms with Gasteiger partial charge in [-0.25, -0.2) is 4.98 Å². The Kier molecular flexibility index (Phi) is 4.83. The molecule has 3 rings (SSSR count). The number of amides is 1. The van der Waals surface area contributed by atoms with Crippen LogP contribution in [0.4, 0.5) is 0 Å². The van der Waals surface area contributed by atoms with Crippen LogP contribution in [0.15, 0.2) is 41.8 Å². The second kappa shape index (κ2) is 7.19. The average Bonchev–Trinajstić information content (AvgIpc) is 3.17. The SMILES string of the molecule is Cc1cccc(Cc2nc(CC(=O)NCc3cccs3)n[nH]2)c1. The highest BCUT2D eigenvalue weighted by Gasteiger charge is 2.09. The number of hydrogen-bond donors (Lipinski definition) is 2. The lowest BCUT2D eigenvalue weighted by molar-refractivity contribution is -0.120. The van der Waals surface area contributed by atoms with Gasteiger partial charge in [0, 0.05) is 11.3 Å². The van der Waals surface area contributed by atoms with Crippen molar-refractivity contribution in [3.63, 3.8) is 0 Å². The van der Waals surface area contributed by atoms with Gasteiger partial charge in [-0.3, -0.25) is 9.89 Å². The van der Waals surface area contributed by atoms with Crippen LogP contribution < -0.4 is 5.32 Å². The lowest BCUT2D eigenvalue weighted by atomic mass is 10.1. The van der Waals surface area contributed by atoms with Gasteiger partial charge < -0.3 is 5.32 Å². The highest BCUT2D eigenvalue weighted by atomic mass is 32.1. The van der Waals surface area contributed by atoms with Gasteiger partial charge in [0.2, 0.25) is 5.91 Å². The summed E-state index contributed by atoms with van der Waals surface area (Å²) < 4.78 is 0. The molecule has 0 aliphatic carbocycles. The molecule has 0 fully saturated rings. The normalized spacial score (nSPS) is 10.7. The van der Waals surface area contributed by atoms with Crippen molar-refractivity contribution in [2.45, 2.75) is 26.3 Å². The molecule has 0 radical (unpaired) electrons. The van der Waals surface area contributed by atoms with Crippen LogP contribution in [0.5, 0.6) is 0 Å². The van der Waals surface area contributed by atoms with Crippen molar-refractivity contribution in [3.8, 4) is 0 Å². The summed E-state index contributed by atoms with van der Waals surface area (Å²) in [5.74, 6) is 1.23. The van der Waals surface area contributed by atoms with Crippen molar-refractivity contribution in [2.24, 2.45) is 0 Å². The second-order valence-electron chi connectivity index (χ2n) is 5.40. The number of hydrogen-bond acceptors (Lipinski definition) is 4. The molecule has 2 aromatic heterocycles. The van der Waals surface area contributed by atoms with Crippen molar-refractivity contribution >= 4 is 17.2 Å². The molecule has 6 heteroatoms. The van der Waals surface area contributed by atoms with Gasteiger partial charge in [-0.1, -0.05) is 35.9 Å². The number of nitrogens with one attached hydrogen (secondary N) is 2. The Morgan fingerprint density at radius 2 is 2.22 bits per heavy atom. The molecule has 0 aliphatic rings. The molecule has 2 heterocycles. The molecule has 0 saturated carbocycles. The number of thiophene rings is 1. The van der Waals surface area contributed by atoms with Crippen molar-refractivity contribution in [1.82, 2.24) is 20.5 Å². The van der Waals surface area contributed by atoms with Gasteiger partial charge in [-0.2, -0.15) is 5.10 Å². The first-order valence-corrected chi connectivity index (χ1v) is 8.32. The molecule has 0 aliphatic heterocycles. The van der Waals surface area contributed by atoms with E-state index in [1.165, 1.54) is 11.1 Å². The molecule has 0 atom stereocenters. The lowest BCUT2D eigenvalue weighted by Crippen LogP contribution is -2.24. The summed E-state index contributed by atoms with van der Waals surface area (Å²) in [5.41, 5.74) is 2.39. The van der Waals surface area contributed by atoms with E-state index in [0.29, 0.717) is 18.8 Å². The van der Waals surface area contributed by atoms with Crippen molar-refractivity contribution in [2.75, 3.05) is 0 Å². The molecule has 3 aromatic rings. The molecule has 1 aromatic carbocycles. The molecule has 0 bridgehead atoms. The van der Waals surface area contributed by atoms with Crippen LogP contribution in [0.3, 0.4) is 0 Å². The number of rotatable bonds is 6. The minimum Gasteiger partial charge on any atom is -0.351 e. The van der Waals surface area contributed by atoms with Gasteiger partial charge in [0.15, 0.2) is 5.82 Å². The molecule has 0 unspecified atom stereocenters. The fourth-order valence-corrected chi connectivity index (χ4v) is 2.96. The summed E-state index contributed by atoms with van der Waals surface area (Å²) in [6.45, 7) is 2.62. The first-order valence-electron chi connectivity index (χ1n) is 7.44. The summed E-state index contributed by atoms with van der Waals surface area (Å²) in [4.78, 5) is 17.4. The zero-order valence-corrected chi connectivity index (χ0v) is 13.7. The van der Waals surface area contributed by atoms with Crippen molar-refractivity contribution < 1.29 is 4.79 Å². The standard InChI is InChI=1S/C17H18N4OS/c1-12-4-2-5-13(8-12)9-15-19-16(21-20-15)10-17(22)18-11-14-6-3-7-23-14/h2-8H,9-11H2,1H3,(H,18,22)(H,19,20,21). The predicted molar refractivity (Wildman–Crippen MR) is 90.2 cm³/mol. The molecular formula is C17H18N4OS. The van der Waals surface area contributed by atoms with Crippen LogP contribution in [0.25, 0.3) is 0 Å².